The molecular weight excluding hydrogens is 502 g/mol. The summed E-state index contributed by atoms with van der Waals surface area (Å²) < 4.78 is 39.4. The predicted molar refractivity (Wildman–Crippen MR) is 144 cm³/mol. The Kier molecular flexibility index (Phi) is 7.16. The van der Waals surface area contributed by atoms with Crippen LogP contribution in [0.4, 0.5) is 0 Å². The molecule has 0 radical (unpaired) electrons. The number of carbonyl (C=O) groups is 1. The molecule has 3 aliphatic heterocycles. The standard InChI is InChI=1S/C29H35N3O5S/c33-29(26(22-8-2-1-3-9-22)16-30-15-21-6-4-5-7-21)31-17-23-19-32(20-24(23)18-31)38(34,35)25-10-11-27-28(14-25)37-13-12-36-27/h1-3,8-11,14,21,26,30H,4-7,12-13,15-20H2. The van der Waals surface area contributed by atoms with Crippen molar-refractivity contribution >= 4 is 15.9 Å². The predicted octanol–water partition coefficient (Wildman–Crippen LogP) is 3.16. The largest absolute Gasteiger partial charge is 0.486 e. The number of rotatable bonds is 8. The number of nitrogens with one attached hydrogen (secondary N) is 1. The van der Waals surface area contributed by atoms with Gasteiger partial charge in [0, 0.05) is 38.8 Å². The number of carbonyl (C=O) groups excluding carboxylic acids is 1. The average Bonchev–Trinajstić information content (AvgIpc) is 3.69. The summed E-state index contributed by atoms with van der Waals surface area (Å²) in [5.41, 5.74) is 3.08. The normalized spacial score (nSPS) is 20.7. The van der Waals surface area contributed by atoms with Gasteiger partial charge in [0.25, 0.3) is 0 Å². The Hall–Kier alpha value is -2.88. The van der Waals surface area contributed by atoms with E-state index in [2.05, 4.69) is 5.32 Å². The maximum absolute atomic E-state index is 13.7. The van der Waals surface area contributed by atoms with Crippen molar-refractivity contribution in [3.05, 3.63) is 65.2 Å². The molecule has 0 aromatic heterocycles. The molecule has 1 unspecified atom stereocenters. The van der Waals surface area contributed by atoms with Gasteiger partial charge in [0.15, 0.2) is 11.5 Å². The van der Waals surface area contributed by atoms with Crippen LogP contribution in [0.3, 0.4) is 0 Å². The Balaban J connectivity index is 1.10. The van der Waals surface area contributed by atoms with E-state index >= 15 is 0 Å². The second-order valence-corrected chi connectivity index (χ2v) is 12.7. The number of ether oxygens (including phenoxy) is 2. The van der Waals surface area contributed by atoms with Crippen LogP contribution in [-0.4, -0.2) is 76.0 Å². The van der Waals surface area contributed by atoms with Gasteiger partial charge in [-0.3, -0.25) is 4.79 Å². The topological polar surface area (TPSA) is 88.2 Å². The molecule has 1 amide bonds. The Morgan fingerprint density at radius 3 is 2.32 bits per heavy atom. The molecule has 0 spiro atoms. The summed E-state index contributed by atoms with van der Waals surface area (Å²) in [5.74, 6) is 1.58. The van der Waals surface area contributed by atoms with E-state index in [0.29, 0.717) is 63.4 Å². The van der Waals surface area contributed by atoms with Crippen molar-refractivity contribution < 1.29 is 22.7 Å². The lowest BCUT2D eigenvalue weighted by Crippen LogP contribution is -2.41. The second kappa shape index (κ2) is 10.7. The van der Waals surface area contributed by atoms with Crippen LogP contribution in [0.5, 0.6) is 11.5 Å². The number of benzene rings is 2. The number of hydrogen-bond donors (Lipinski definition) is 1. The number of amides is 1. The monoisotopic (exact) mass is 537 g/mol. The van der Waals surface area contributed by atoms with Gasteiger partial charge < -0.3 is 19.7 Å². The number of hydrogen-bond acceptors (Lipinski definition) is 6. The SMILES string of the molecule is O=C(C(CNCC1CCCC1)c1ccccc1)N1CC2=C(C1)CN(S(=O)(=O)c1ccc3c(c1)OCCO3)C2. The lowest BCUT2D eigenvalue weighted by Gasteiger charge is -2.27. The van der Waals surface area contributed by atoms with E-state index in [9.17, 15) is 13.2 Å². The first kappa shape index (κ1) is 25.4. The molecule has 202 valence electrons. The van der Waals surface area contributed by atoms with Gasteiger partial charge in [-0.1, -0.05) is 43.2 Å². The molecule has 1 saturated carbocycles. The van der Waals surface area contributed by atoms with Gasteiger partial charge in [-0.25, -0.2) is 8.42 Å². The average molecular weight is 538 g/mol. The lowest BCUT2D eigenvalue weighted by molar-refractivity contribution is -0.131. The van der Waals surface area contributed by atoms with E-state index in [4.69, 9.17) is 9.47 Å². The minimum Gasteiger partial charge on any atom is -0.486 e. The van der Waals surface area contributed by atoms with Crippen LogP contribution < -0.4 is 14.8 Å². The first-order chi connectivity index (χ1) is 18.5. The Bertz CT molecular complexity index is 1300. The van der Waals surface area contributed by atoms with Crippen LogP contribution in [0.1, 0.15) is 37.2 Å². The van der Waals surface area contributed by atoms with Gasteiger partial charge in [-0.15, -0.1) is 0 Å². The summed E-state index contributed by atoms with van der Waals surface area (Å²) >= 11 is 0. The first-order valence-electron chi connectivity index (χ1n) is 13.6. The molecular formula is C29H35N3O5S. The maximum atomic E-state index is 13.7. The zero-order valence-electron chi connectivity index (χ0n) is 21.6. The summed E-state index contributed by atoms with van der Waals surface area (Å²) in [6.45, 7) is 4.01. The highest BCUT2D eigenvalue weighted by Gasteiger charge is 2.39. The molecule has 3 heterocycles. The van der Waals surface area contributed by atoms with E-state index in [1.807, 2.05) is 35.2 Å². The van der Waals surface area contributed by atoms with Crippen molar-refractivity contribution in [2.75, 3.05) is 52.5 Å². The highest BCUT2D eigenvalue weighted by atomic mass is 32.2. The number of sulfonamides is 1. The van der Waals surface area contributed by atoms with Crippen LogP contribution in [0.15, 0.2) is 64.6 Å². The maximum Gasteiger partial charge on any atom is 0.243 e. The molecule has 9 heteroatoms. The molecule has 1 atom stereocenters. The molecule has 1 fully saturated rings. The summed E-state index contributed by atoms with van der Waals surface area (Å²) in [5, 5.41) is 3.58. The van der Waals surface area contributed by atoms with E-state index in [-0.39, 0.29) is 16.7 Å². The van der Waals surface area contributed by atoms with Gasteiger partial charge in [0.1, 0.15) is 13.2 Å². The van der Waals surface area contributed by atoms with Crippen molar-refractivity contribution in [2.45, 2.75) is 36.5 Å². The first-order valence-corrected chi connectivity index (χ1v) is 15.1. The molecule has 0 saturated heterocycles. The van der Waals surface area contributed by atoms with E-state index in [1.54, 1.807) is 18.2 Å². The van der Waals surface area contributed by atoms with Crippen LogP contribution >= 0.6 is 0 Å². The molecule has 4 aliphatic rings. The van der Waals surface area contributed by atoms with Crippen LogP contribution in [0.25, 0.3) is 0 Å². The van der Waals surface area contributed by atoms with Gasteiger partial charge in [-0.05, 0) is 54.1 Å². The Labute approximate surface area is 224 Å². The van der Waals surface area contributed by atoms with E-state index in [0.717, 1.165) is 23.3 Å². The summed E-state index contributed by atoms with van der Waals surface area (Å²) in [7, 11) is -3.69. The Morgan fingerprint density at radius 1 is 0.921 bits per heavy atom. The molecule has 2 aromatic carbocycles. The number of nitrogens with zero attached hydrogens (tertiary/aromatic N) is 2. The lowest BCUT2D eigenvalue weighted by atomic mass is 9.97. The fraction of sp³-hybridized carbons (Fsp3) is 0.483. The van der Waals surface area contributed by atoms with Gasteiger partial charge in [-0.2, -0.15) is 4.31 Å². The van der Waals surface area contributed by atoms with Gasteiger partial charge in [0.2, 0.25) is 15.9 Å². The summed E-state index contributed by atoms with van der Waals surface area (Å²) in [4.78, 5) is 15.8. The highest BCUT2D eigenvalue weighted by Crippen LogP contribution is 2.36. The minimum atomic E-state index is -3.69. The molecule has 0 bridgehead atoms. The minimum absolute atomic E-state index is 0.103. The summed E-state index contributed by atoms with van der Waals surface area (Å²) in [6.07, 6.45) is 5.15. The molecule has 8 nitrogen and oxygen atoms in total. The zero-order valence-corrected chi connectivity index (χ0v) is 22.4. The Morgan fingerprint density at radius 2 is 1.61 bits per heavy atom. The van der Waals surface area contributed by atoms with E-state index in [1.165, 1.54) is 30.0 Å². The fourth-order valence-electron chi connectivity index (χ4n) is 6.10. The van der Waals surface area contributed by atoms with E-state index < -0.39 is 10.0 Å². The van der Waals surface area contributed by atoms with Crippen molar-refractivity contribution in [2.24, 2.45) is 5.92 Å². The van der Waals surface area contributed by atoms with Gasteiger partial charge in [0.05, 0.1) is 10.8 Å². The highest BCUT2D eigenvalue weighted by molar-refractivity contribution is 7.89. The number of fused-ring (bicyclic) bond motifs is 1. The zero-order chi connectivity index (χ0) is 26.1. The van der Waals surface area contributed by atoms with Crippen molar-refractivity contribution in [3.63, 3.8) is 0 Å². The third-order valence-corrected chi connectivity index (χ3v) is 10.0. The van der Waals surface area contributed by atoms with Crippen LogP contribution in [0.2, 0.25) is 0 Å². The second-order valence-electron chi connectivity index (χ2n) is 10.8. The quantitative estimate of drug-likeness (QED) is 0.521. The smallest absolute Gasteiger partial charge is 0.243 e. The molecule has 6 rings (SSSR count). The van der Waals surface area contributed by atoms with Crippen molar-refractivity contribution in [1.82, 2.24) is 14.5 Å². The van der Waals surface area contributed by atoms with Crippen LogP contribution in [-0.2, 0) is 14.8 Å². The molecule has 2 aromatic rings. The van der Waals surface area contributed by atoms with Crippen LogP contribution in [0, 0.1) is 5.92 Å². The molecule has 38 heavy (non-hydrogen) atoms. The van der Waals surface area contributed by atoms with Crippen molar-refractivity contribution in [3.8, 4) is 11.5 Å². The third kappa shape index (κ3) is 5.07. The fourth-order valence-corrected chi connectivity index (χ4v) is 7.55. The molecule has 1 N–H and O–H groups in total. The summed E-state index contributed by atoms with van der Waals surface area (Å²) in [6, 6.07) is 14.8. The van der Waals surface area contributed by atoms with Crippen molar-refractivity contribution in [1.29, 1.82) is 0 Å². The third-order valence-electron chi connectivity index (χ3n) is 8.22. The van der Waals surface area contributed by atoms with Gasteiger partial charge >= 0.3 is 0 Å². The molecule has 1 aliphatic carbocycles.